The summed E-state index contributed by atoms with van der Waals surface area (Å²) in [4.78, 5) is 0. The van der Waals surface area contributed by atoms with Crippen molar-refractivity contribution in [2.45, 2.75) is 19.3 Å². The van der Waals surface area contributed by atoms with Gasteiger partial charge in [-0.15, -0.1) is 0 Å². The van der Waals surface area contributed by atoms with Crippen LogP contribution in [-0.2, 0) is 12.8 Å². The zero-order valence-electron chi connectivity index (χ0n) is 11.7. The Labute approximate surface area is 130 Å². The molecule has 106 valence electrons. The Kier molecular flexibility index (Phi) is 4.26. The number of hydrogen-bond donors (Lipinski definition) is 2. The van der Waals surface area contributed by atoms with Crippen molar-refractivity contribution in [1.82, 2.24) is 5.43 Å². The van der Waals surface area contributed by atoms with Crippen LogP contribution in [-0.4, -0.2) is 11.3 Å². The van der Waals surface area contributed by atoms with Gasteiger partial charge in [0.1, 0.15) is 0 Å². The van der Waals surface area contributed by atoms with E-state index in [0.29, 0.717) is 5.11 Å². The average Bonchev–Trinajstić information content (AvgIpc) is 2.96. The molecule has 0 radical (unpaired) electrons. The highest BCUT2D eigenvalue weighted by molar-refractivity contribution is 7.80. The summed E-state index contributed by atoms with van der Waals surface area (Å²) in [5.74, 6) is 0. The van der Waals surface area contributed by atoms with E-state index in [1.54, 1.807) is 6.21 Å². The van der Waals surface area contributed by atoms with Gasteiger partial charge in [0.25, 0.3) is 0 Å². The van der Waals surface area contributed by atoms with Crippen LogP contribution in [0.15, 0.2) is 53.6 Å². The molecule has 0 heterocycles. The summed E-state index contributed by atoms with van der Waals surface area (Å²) in [6.45, 7) is 0. The number of para-hydroxylation sites is 1. The SMILES string of the molecule is S=C(N/N=C/c1ccc2c(c1)CCC2)Nc1ccccc1. The molecule has 21 heavy (non-hydrogen) atoms. The molecule has 2 N–H and O–H groups in total. The first-order valence-corrected chi connectivity index (χ1v) is 7.49. The van der Waals surface area contributed by atoms with Gasteiger partial charge in [0.2, 0.25) is 0 Å². The summed E-state index contributed by atoms with van der Waals surface area (Å²) >= 11 is 5.19. The van der Waals surface area contributed by atoms with Crippen molar-refractivity contribution in [3.8, 4) is 0 Å². The van der Waals surface area contributed by atoms with Gasteiger partial charge < -0.3 is 5.32 Å². The number of hydrogen-bond acceptors (Lipinski definition) is 2. The molecule has 0 fully saturated rings. The van der Waals surface area contributed by atoms with E-state index in [1.807, 2.05) is 30.3 Å². The smallest absolute Gasteiger partial charge is 0.191 e. The van der Waals surface area contributed by atoms with Gasteiger partial charge in [-0.25, -0.2) is 0 Å². The number of hydrazone groups is 1. The van der Waals surface area contributed by atoms with E-state index in [1.165, 1.54) is 30.4 Å². The third-order valence-electron chi connectivity index (χ3n) is 3.53. The van der Waals surface area contributed by atoms with E-state index < -0.39 is 0 Å². The van der Waals surface area contributed by atoms with Crippen LogP contribution in [0.25, 0.3) is 0 Å². The lowest BCUT2D eigenvalue weighted by Gasteiger charge is -2.06. The molecule has 0 aromatic heterocycles. The molecule has 0 atom stereocenters. The number of rotatable bonds is 3. The number of aryl methyl sites for hydroxylation is 2. The second-order valence-electron chi connectivity index (χ2n) is 5.07. The molecule has 0 bridgehead atoms. The minimum atomic E-state index is 0.485. The third-order valence-corrected chi connectivity index (χ3v) is 3.73. The normalized spacial score (nSPS) is 13.1. The third kappa shape index (κ3) is 3.67. The first-order chi connectivity index (χ1) is 10.3. The molecule has 0 aliphatic heterocycles. The van der Waals surface area contributed by atoms with Crippen molar-refractivity contribution in [2.24, 2.45) is 5.10 Å². The highest BCUT2D eigenvalue weighted by Crippen LogP contribution is 2.22. The van der Waals surface area contributed by atoms with Gasteiger partial charge in [0.05, 0.1) is 6.21 Å². The van der Waals surface area contributed by atoms with Crippen LogP contribution >= 0.6 is 12.2 Å². The van der Waals surface area contributed by atoms with E-state index in [4.69, 9.17) is 12.2 Å². The molecule has 2 aromatic rings. The Morgan fingerprint density at radius 1 is 1.05 bits per heavy atom. The van der Waals surface area contributed by atoms with Crippen LogP contribution in [0, 0.1) is 0 Å². The fourth-order valence-corrected chi connectivity index (χ4v) is 2.69. The van der Waals surface area contributed by atoms with E-state index in [2.05, 4.69) is 34.0 Å². The fourth-order valence-electron chi connectivity index (χ4n) is 2.52. The molecule has 0 unspecified atom stereocenters. The van der Waals surface area contributed by atoms with Crippen molar-refractivity contribution in [2.75, 3.05) is 5.32 Å². The molecule has 3 rings (SSSR count). The van der Waals surface area contributed by atoms with Crippen molar-refractivity contribution in [1.29, 1.82) is 0 Å². The molecule has 3 nitrogen and oxygen atoms in total. The minimum Gasteiger partial charge on any atom is -0.331 e. The minimum absolute atomic E-state index is 0.485. The Hall–Kier alpha value is -2.20. The van der Waals surface area contributed by atoms with Crippen molar-refractivity contribution in [3.05, 3.63) is 65.2 Å². The van der Waals surface area contributed by atoms with Gasteiger partial charge in [0.15, 0.2) is 5.11 Å². The number of thiocarbonyl (C=S) groups is 1. The average molecular weight is 295 g/mol. The van der Waals surface area contributed by atoms with Crippen LogP contribution < -0.4 is 10.7 Å². The molecule has 1 aliphatic carbocycles. The molecule has 2 aromatic carbocycles. The molecule has 0 amide bonds. The summed E-state index contributed by atoms with van der Waals surface area (Å²) in [6, 6.07) is 16.3. The first kappa shape index (κ1) is 13.8. The molecule has 0 saturated heterocycles. The number of nitrogens with one attached hydrogen (secondary N) is 2. The number of nitrogens with zero attached hydrogens (tertiary/aromatic N) is 1. The largest absolute Gasteiger partial charge is 0.331 e. The monoisotopic (exact) mass is 295 g/mol. The number of benzene rings is 2. The fraction of sp³-hybridized carbons (Fsp3) is 0.176. The molecule has 4 heteroatoms. The van der Waals surface area contributed by atoms with Crippen LogP contribution in [0.3, 0.4) is 0 Å². The van der Waals surface area contributed by atoms with Crippen molar-refractivity contribution < 1.29 is 0 Å². The lowest BCUT2D eigenvalue weighted by atomic mass is 10.1. The maximum Gasteiger partial charge on any atom is 0.191 e. The van der Waals surface area contributed by atoms with Gasteiger partial charge in [0, 0.05) is 5.69 Å². The number of anilines is 1. The molecule has 1 aliphatic rings. The maximum absolute atomic E-state index is 5.19. The predicted molar refractivity (Wildman–Crippen MR) is 91.9 cm³/mol. The Morgan fingerprint density at radius 3 is 2.71 bits per heavy atom. The standard InChI is InChI=1S/C17H17N3S/c21-17(19-16-7-2-1-3-8-16)20-18-12-13-9-10-14-5-4-6-15(14)11-13/h1-3,7-12H,4-6H2,(H2,19,20,21)/b18-12+. The molecular weight excluding hydrogens is 278 g/mol. The second kappa shape index (κ2) is 6.50. The lowest BCUT2D eigenvalue weighted by Crippen LogP contribution is -2.23. The summed E-state index contributed by atoms with van der Waals surface area (Å²) < 4.78 is 0. The van der Waals surface area contributed by atoms with Gasteiger partial charge in [-0.05, 0) is 66.4 Å². The maximum atomic E-state index is 5.19. The summed E-state index contributed by atoms with van der Waals surface area (Å²) in [7, 11) is 0. The first-order valence-electron chi connectivity index (χ1n) is 7.08. The van der Waals surface area contributed by atoms with Crippen LogP contribution in [0.4, 0.5) is 5.69 Å². The Morgan fingerprint density at radius 2 is 1.86 bits per heavy atom. The van der Waals surface area contributed by atoms with Gasteiger partial charge >= 0.3 is 0 Å². The van der Waals surface area contributed by atoms with Crippen LogP contribution in [0.2, 0.25) is 0 Å². The van der Waals surface area contributed by atoms with E-state index in [9.17, 15) is 0 Å². The van der Waals surface area contributed by atoms with Crippen LogP contribution in [0.5, 0.6) is 0 Å². The highest BCUT2D eigenvalue weighted by Gasteiger charge is 2.09. The summed E-state index contributed by atoms with van der Waals surface area (Å²) in [6.07, 6.45) is 5.45. The molecular formula is C17H17N3S. The van der Waals surface area contributed by atoms with E-state index in [0.717, 1.165) is 11.3 Å². The van der Waals surface area contributed by atoms with Crippen molar-refractivity contribution in [3.63, 3.8) is 0 Å². The Bertz CT molecular complexity index is 665. The molecule has 0 spiro atoms. The van der Waals surface area contributed by atoms with Crippen molar-refractivity contribution >= 4 is 29.2 Å². The van der Waals surface area contributed by atoms with Gasteiger partial charge in [-0.2, -0.15) is 5.10 Å². The highest BCUT2D eigenvalue weighted by atomic mass is 32.1. The van der Waals surface area contributed by atoms with Gasteiger partial charge in [-0.3, -0.25) is 5.43 Å². The van der Waals surface area contributed by atoms with Crippen LogP contribution in [0.1, 0.15) is 23.1 Å². The number of fused-ring (bicyclic) bond motifs is 1. The Balaban J connectivity index is 1.56. The zero-order valence-corrected chi connectivity index (χ0v) is 12.5. The van der Waals surface area contributed by atoms with Gasteiger partial charge in [-0.1, -0.05) is 30.3 Å². The lowest BCUT2D eigenvalue weighted by molar-refractivity contribution is 0.912. The molecule has 0 saturated carbocycles. The quantitative estimate of drug-likeness (QED) is 0.517. The van der Waals surface area contributed by atoms with E-state index >= 15 is 0 Å². The second-order valence-corrected chi connectivity index (χ2v) is 5.48. The zero-order chi connectivity index (χ0) is 14.5. The topological polar surface area (TPSA) is 36.4 Å². The van der Waals surface area contributed by atoms with E-state index in [-0.39, 0.29) is 0 Å². The summed E-state index contributed by atoms with van der Waals surface area (Å²) in [5, 5.41) is 7.75. The summed E-state index contributed by atoms with van der Waals surface area (Å²) in [5.41, 5.74) is 7.81. The predicted octanol–water partition coefficient (Wildman–Crippen LogP) is 3.50.